The van der Waals surface area contributed by atoms with E-state index in [0.717, 1.165) is 16.2 Å². The molecule has 1 amide bonds. The minimum Gasteiger partial charge on any atom is -0.306 e. The first-order chi connectivity index (χ1) is 9.90. The summed E-state index contributed by atoms with van der Waals surface area (Å²) in [5, 5.41) is 4.92. The van der Waals surface area contributed by atoms with Gasteiger partial charge in [0.2, 0.25) is 5.91 Å². The van der Waals surface area contributed by atoms with E-state index in [1.807, 2.05) is 12.3 Å². The number of rotatable bonds is 4. The lowest BCUT2D eigenvalue weighted by Crippen LogP contribution is -2.51. The molecule has 0 radical (unpaired) electrons. The highest BCUT2D eigenvalue weighted by atomic mass is 32.1. The van der Waals surface area contributed by atoms with E-state index >= 15 is 0 Å². The van der Waals surface area contributed by atoms with E-state index < -0.39 is 29.8 Å². The number of halogens is 3. The minimum atomic E-state index is -4.37. The lowest BCUT2D eigenvalue weighted by Gasteiger charge is -2.34. The molecule has 3 nitrogen and oxygen atoms in total. The fourth-order valence-corrected chi connectivity index (χ4v) is 3.79. The summed E-state index contributed by atoms with van der Waals surface area (Å²) in [7, 11) is 0. The van der Waals surface area contributed by atoms with Crippen molar-refractivity contribution in [3.05, 3.63) is 22.4 Å². The maximum atomic E-state index is 13.4. The van der Waals surface area contributed by atoms with Crippen LogP contribution in [-0.2, 0) is 4.79 Å². The lowest BCUT2D eigenvalue weighted by atomic mass is 10.1. The van der Waals surface area contributed by atoms with Gasteiger partial charge in [-0.15, -0.1) is 11.3 Å². The third-order valence-corrected chi connectivity index (χ3v) is 5.18. The Morgan fingerprint density at radius 2 is 2.19 bits per heavy atom. The SMILES string of the molecule is CCCC1NC(c2cccs2)N(C2(C(F)(F)F)CC2)C1=O. The molecular weight excluding hydrogens is 301 g/mol. The Labute approximate surface area is 125 Å². The molecule has 2 unspecified atom stereocenters. The molecule has 1 N–H and O–H groups in total. The van der Waals surface area contributed by atoms with E-state index in [0.29, 0.717) is 6.42 Å². The van der Waals surface area contributed by atoms with Crippen molar-refractivity contribution in [1.29, 1.82) is 0 Å². The fourth-order valence-electron chi connectivity index (χ4n) is 3.02. The van der Waals surface area contributed by atoms with Crippen LogP contribution >= 0.6 is 11.3 Å². The van der Waals surface area contributed by atoms with Crippen LogP contribution in [0, 0.1) is 0 Å². The molecule has 1 aliphatic heterocycles. The van der Waals surface area contributed by atoms with Crippen LogP contribution in [0.2, 0.25) is 0 Å². The van der Waals surface area contributed by atoms with Crippen molar-refractivity contribution in [2.45, 2.75) is 56.5 Å². The average molecular weight is 318 g/mol. The van der Waals surface area contributed by atoms with Gasteiger partial charge in [0.05, 0.1) is 6.04 Å². The molecule has 21 heavy (non-hydrogen) atoms. The smallest absolute Gasteiger partial charge is 0.306 e. The third-order valence-electron chi connectivity index (χ3n) is 4.26. The van der Waals surface area contributed by atoms with E-state index in [4.69, 9.17) is 0 Å². The summed E-state index contributed by atoms with van der Waals surface area (Å²) in [4.78, 5) is 14.3. The molecule has 0 spiro atoms. The van der Waals surface area contributed by atoms with Gasteiger partial charge in [-0.05, 0) is 30.7 Å². The molecule has 1 aromatic heterocycles. The van der Waals surface area contributed by atoms with Crippen molar-refractivity contribution >= 4 is 17.2 Å². The second kappa shape index (κ2) is 4.98. The van der Waals surface area contributed by atoms with E-state index in [2.05, 4.69) is 5.32 Å². The van der Waals surface area contributed by atoms with Gasteiger partial charge in [-0.1, -0.05) is 19.4 Å². The molecule has 3 rings (SSSR count). The van der Waals surface area contributed by atoms with Crippen LogP contribution in [0.15, 0.2) is 17.5 Å². The predicted octanol–water partition coefficient (Wildman–Crippen LogP) is 3.44. The number of thiophene rings is 1. The van der Waals surface area contributed by atoms with Crippen LogP contribution in [0.5, 0.6) is 0 Å². The van der Waals surface area contributed by atoms with Crippen LogP contribution in [-0.4, -0.2) is 28.6 Å². The molecule has 116 valence electrons. The van der Waals surface area contributed by atoms with Crippen molar-refractivity contribution in [2.75, 3.05) is 0 Å². The summed E-state index contributed by atoms with van der Waals surface area (Å²) >= 11 is 1.38. The lowest BCUT2D eigenvalue weighted by molar-refractivity contribution is -0.202. The molecule has 7 heteroatoms. The van der Waals surface area contributed by atoms with E-state index in [-0.39, 0.29) is 12.8 Å². The highest BCUT2D eigenvalue weighted by molar-refractivity contribution is 7.10. The zero-order valence-corrected chi connectivity index (χ0v) is 12.4. The average Bonchev–Trinajstić information content (AvgIpc) is 2.92. The Hall–Kier alpha value is -1.08. The van der Waals surface area contributed by atoms with Crippen LogP contribution in [0.25, 0.3) is 0 Å². The first-order valence-corrected chi connectivity index (χ1v) is 7.98. The van der Waals surface area contributed by atoms with E-state index in [1.165, 1.54) is 11.3 Å². The standard InChI is InChI=1S/C14H17F3N2OS/c1-2-4-9-12(20)19(13(6-7-13)14(15,16)17)11(18-9)10-5-3-8-21-10/h3,5,8-9,11,18H,2,4,6-7H2,1H3. The molecule has 2 heterocycles. The van der Waals surface area contributed by atoms with Crippen LogP contribution in [0.4, 0.5) is 13.2 Å². The van der Waals surface area contributed by atoms with Gasteiger partial charge in [0.25, 0.3) is 0 Å². The highest BCUT2D eigenvalue weighted by Gasteiger charge is 2.71. The normalized spacial score (nSPS) is 28.2. The Kier molecular flexibility index (Phi) is 3.52. The molecule has 1 aliphatic carbocycles. The molecule has 0 bridgehead atoms. The second-order valence-electron chi connectivity index (χ2n) is 5.66. The first-order valence-electron chi connectivity index (χ1n) is 7.10. The van der Waals surface area contributed by atoms with Crippen LogP contribution < -0.4 is 5.32 Å². The number of hydrogen-bond donors (Lipinski definition) is 1. The monoisotopic (exact) mass is 318 g/mol. The van der Waals surface area contributed by atoms with Crippen molar-refractivity contribution in [1.82, 2.24) is 10.2 Å². The number of amides is 1. The van der Waals surface area contributed by atoms with E-state index in [1.54, 1.807) is 12.1 Å². The maximum absolute atomic E-state index is 13.4. The van der Waals surface area contributed by atoms with Crippen molar-refractivity contribution in [2.24, 2.45) is 0 Å². The van der Waals surface area contributed by atoms with Crippen molar-refractivity contribution < 1.29 is 18.0 Å². The third kappa shape index (κ3) is 2.26. The Balaban J connectivity index is 1.96. The zero-order valence-electron chi connectivity index (χ0n) is 11.6. The van der Waals surface area contributed by atoms with Gasteiger partial charge in [0.1, 0.15) is 11.7 Å². The molecule has 1 aromatic rings. The molecule has 2 atom stereocenters. The molecule has 1 saturated heterocycles. The summed E-state index contributed by atoms with van der Waals surface area (Å²) in [6.07, 6.45) is -3.70. The van der Waals surface area contributed by atoms with E-state index in [9.17, 15) is 18.0 Å². The minimum absolute atomic E-state index is 0.00460. The van der Waals surface area contributed by atoms with Gasteiger partial charge in [0.15, 0.2) is 0 Å². The van der Waals surface area contributed by atoms with Gasteiger partial charge in [-0.25, -0.2) is 0 Å². The zero-order chi connectivity index (χ0) is 15.3. The van der Waals surface area contributed by atoms with Crippen molar-refractivity contribution in [3.63, 3.8) is 0 Å². The Morgan fingerprint density at radius 3 is 2.67 bits per heavy atom. The quantitative estimate of drug-likeness (QED) is 0.922. The summed E-state index contributed by atoms with van der Waals surface area (Å²) in [5.74, 6) is -0.412. The molecule has 0 aromatic carbocycles. The molecule has 2 aliphatic rings. The predicted molar refractivity (Wildman–Crippen MR) is 73.8 cm³/mol. The topological polar surface area (TPSA) is 32.3 Å². The number of alkyl halides is 3. The fraction of sp³-hybridized carbons (Fsp3) is 0.643. The summed E-state index contributed by atoms with van der Waals surface area (Å²) in [6, 6.07) is 3.07. The summed E-state index contributed by atoms with van der Waals surface area (Å²) < 4.78 is 40.3. The van der Waals surface area contributed by atoms with Crippen LogP contribution in [0.3, 0.4) is 0 Å². The second-order valence-corrected chi connectivity index (χ2v) is 6.64. The maximum Gasteiger partial charge on any atom is 0.411 e. The number of nitrogens with one attached hydrogen (secondary N) is 1. The van der Waals surface area contributed by atoms with Gasteiger partial charge in [-0.2, -0.15) is 13.2 Å². The Bertz CT molecular complexity index is 525. The highest BCUT2D eigenvalue weighted by Crippen LogP contribution is 2.57. The number of carbonyl (C=O) groups excluding carboxylic acids is 1. The van der Waals surface area contributed by atoms with Crippen LogP contribution in [0.1, 0.15) is 43.6 Å². The van der Waals surface area contributed by atoms with Gasteiger partial charge in [-0.3, -0.25) is 10.1 Å². The summed E-state index contributed by atoms with van der Waals surface area (Å²) in [6.45, 7) is 1.93. The number of carbonyl (C=O) groups is 1. The van der Waals surface area contributed by atoms with Gasteiger partial charge < -0.3 is 4.90 Å². The largest absolute Gasteiger partial charge is 0.411 e. The molecule has 2 fully saturated rings. The Morgan fingerprint density at radius 1 is 1.48 bits per heavy atom. The van der Waals surface area contributed by atoms with Gasteiger partial charge in [0, 0.05) is 4.88 Å². The van der Waals surface area contributed by atoms with Gasteiger partial charge >= 0.3 is 6.18 Å². The molecular formula is C14H17F3N2OS. The van der Waals surface area contributed by atoms with Crippen molar-refractivity contribution in [3.8, 4) is 0 Å². The number of nitrogens with zero attached hydrogens (tertiary/aromatic N) is 1. The molecule has 1 saturated carbocycles. The number of hydrogen-bond acceptors (Lipinski definition) is 3. The first kappa shape index (κ1) is 14.8. The summed E-state index contributed by atoms with van der Waals surface area (Å²) in [5.41, 5.74) is -1.96.